The first-order chi connectivity index (χ1) is 8.09. The zero-order valence-corrected chi connectivity index (χ0v) is 10.8. The molecular formula is C14H17ClO2. The van der Waals surface area contributed by atoms with Crippen LogP contribution in [0.1, 0.15) is 42.9 Å². The maximum absolute atomic E-state index is 11.3. The third-order valence-electron chi connectivity index (χ3n) is 3.36. The molecule has 1 aromatic carbocycles. The van der Waals surface area contributed by atoms with Gasteiger partial charge in [-0.1, -0.05) is 18.0 Å². The molecule has 3 heteroatoms. The summed E-state index contributed by atoms with van der Waals surface area (Å²) in [5, 5.41) is 10.4. The molecule has 2 nitrogen and oxygen atoms in total. The van der Waals surface area contributed by atoms with E-state index in [2.05, 4.69) is 0 Å². The van der Waals surface area contributed by atoms with Crippen LogP contribution >= 0.6 is 11.6 Å². The number of carbonyl (C=O) groups is 1. The zero-order valence-electron chi connectivity index (χ0n) is 10.1. The zero-order chi connectivity index (χ0) is 12.4. The first-order valence-corrected chi connectivity index (χ1v) is 6.49. The number of phenols is 1. The van der Waals surface area contributed by atoms with Crippen molar-refractivity contribution in [2.75, 3.05) is 0 Å². The van der Waals surface area contributed by atoms with Gasteiger partial charge in [0, 0.05) is 12.0 Å². The Morgan fingerprint density at radius 1 is 1.35 bits per heavy atom. The largest absolute Gasteiger partial charge is 0.506 e. The molecule has 0 aromatic heterocycles. The Balaban J connectivity index is 2.53. The lowest BCUT2D eigenvalue weighted by Crippen LogP contribution is -2.04. The highest BCUT2D eigenvalue weighted by Crippen LogP contribution is 2.36. The lowest BCUT2D eigenvalue weighted by molar-refractivity contribution is -0.116. The van der Waals surface area contributed by atoms with E-state index in [4.69, 9.17) is 11.6 Å². The van der Waals surface area contributed by atoms with Crippen molar-refractivity contribution in [2.45, 2.75) is 45.4 Å². The van der Waals surface area contributed by atoms with Crippen molar-refractivity contribution in [1.29, 1.82) is 0 Å². The first kappa shape index (κ1) is 12.4. The number of aromatic hydroxyl groups is 1. The third kappa shape index (κ3) is 2.63. The smallest absolute Gasteiger partial charge is 0.138 e. The van der Waals surface area contributed by atoms with Crippen molar-refractivity contribution in [1.82, 2.24) is 0 Å². The highest BCUT2D eigenvalue weighted by Gasteiger charge is 2.19. The molecule has 0 amide bonds. The number of hydrogen-bond acceptors (Lipinski definition) is 2. The number of halogens is 1. The summed E-state index contributed by atoms with van der Waals surface area (Å²) >= 11 is 6.03. The molecule has 0 radical (unpaired) electrons. The van der Waals surface area contributed by atoms with Gasteiger partial charge < -0.3 is 5.11 Å². The van der Waals surface area contributed by atoms with Gasteiger partial charge in [-0.05, 0) is 49.8 Å². The molecule has 0 fully saturated rings. The van der Waals surface area contributed by atoms with Crippen LogP contribution in [0.4, 0.5) is 0 Å². The van der Waals surface area contributed by atoms with Crippen molar-refractivity contribution in [2.24, 2.45) is 0 Å². The van der Waals surface area contributed by atoms with E-state index < -0.39 is 0 Å². The number of aryl methyl sites for hydroxylation is 1. The third-order valence-corrected chi connectivity index (χ3v) is 3.65. The van der Waals surface area contributed by atoms with Gasteiger partial charge in [-0.15, -0.1) is 0 Å². The molecule has 1 aromatic rings. The van der Waals surface area contributed by atoms with Crippen LogP contribution < -0.4 is 0 Å². The van der Waals surface area contributed by atoms with E-state index in [1.54, 1.807) is 6.92 Å². The van der Waals surface area contributed by atoms with E-state index in [9.17, 15) is 9.90 Å². The summed E-state index contributed by atoms with van der Waals surface area (Å²) in [5.41, 5.74) is 3.11. The molecule has 0 saturated carbocycles. The predicted molar refractivity (Wildman–Crippen MR) is 68.8 cm³/mol. The number of fused-ring (bicyclic) bond motifs is 1. The summed E-state index contributed by atoms with van der Waals surface area (Å²) in [7, 11) is 0. The average molecular weight is 253 g/mol. The summed E-state index contributed by atoms with van der Waals surface area (Å²) in [4.78, 5) is 11.3. The molecule has 17 heavy (non-hydrogen) atoms. The molecule has 1 N–H and O–H groups in total. The molecule has 0 spiro atoms. The molecular weight excluding hydrogens is 236 g/mol. The highest BCUT2D eigenvalue weighted by molar-refractivity contribution is 6.32. The van der Waals surface area contributed by atoms with Crippen molar-refractivity contribution < 1.29 is 9.90 Å². The van der Waals surface area contributed by atoms with Crippen LogP contribution in [-0.2, 0) is 24.1 Å². The fourth-order valence-corrected chi connectivity index (χ4v) is 2.80. The number of phenolic OH excluding ortho intramolecular Hbond substituents is 1. The second-order valence-corrected chi connectivity index (χ2v) is 5.17. The minimum absolute atomic E-state index is 0.0639. The van der Waals surface area contributed by atoms with Crippen molar-refractivity contribution in [3.05, 3.63) is 27.8 Å². The van der Waals surface area contributed by atoms with E-state index in [1.165, 1.54) is 12.0 Å². The number of ketones is 1. The van der Waals surface area contributed by atoms with Gasteiger partial charge >= 0.3 is 0 Å². The van der Waals surface area contributed by atoms with Gasteiger partial charge in [-0.25, -0.2) is 0 Å². The minimum atomic E-state index is 0.0639. The van der Waals surface area contributed by atoms with Crippen molar-refractivity contribution >= 4 is 17.4 Å². The molecule has 92 valence electrons. The Bertz CT molecular complexity index is 452. The van der Waals surface area contributed by atoms with E-state index in [1.807, 2.05) is 6.07 Å². The fraction of sp³-hybridized carbons (Fsp3) is 0.500. The molecule has 0 aliphatic heterocycles. The number of carbonyl (C=O) groups excluding carboxylic acids is 1. The molecule has 0 heterocycles. The van der Waals surface area contributed by atoms with Crippen LogP contribution in [0.25, 0.3) is 0 Å². The van der Waals surface area contributed by atoms with Crippen LogP contribution in [0.5, 0.6) is 5.75 Å². The van der Waals surface area contributed by atoms with Gasteiger partial charge in [0.2, 0.25) is 0 Å². The molecule has 2 rings (SSSR count). The van der Waals surface area contributed by atoms with Crippen LogP contribution in [0.2, 0.25) is 5.02 Å². The fourth-order valence-electron chi connectivity index (χ4n) is 2.56. The predicted octanol–water partition coefficient (Wildman–Crippen LogP) is 3.45. The Labute approximate surface area is 107 Å². The van der Waals surface area contributed by atoms with Gasteiger partial charge in [0.15, 0.2) is 0 Å². The second kappa shape index (κ2) is 5.09. The van der Waals surface area contributed by atoms with Crippen LogP contribution in [0, 0.1) is 0 Å². The number of Topliss-reactive ketones (excluding diaryl/α,β-unsaturated/α-hetero) is 1. The summed E-state index contributed by atoms with van der Waals surface area (Å²) in [5.74, 6) is 0.163. The van der Waals surface area contributed by atoms with Gasteiger partial charge in [-0.2, -0.15) is 0 Å². The highest BCUT2D eigenvalue weighted by atomic mass is 35.5. The topological polar surface area (TPSA) is 37.3 Å². The minimum Gasteiger partial charge on any atom is -0.506 e. The normalized spacial score (nSPS) is 15.2. The Hall–Kier alpha value is -1.02. The lowest BCUT2D eigenvalue weighted by Gasteiger charge is -2.15. The van der Waals surface area contributed by atoms with E-state index in [0.717, 1.165) is 36.8 Å². The quantitative estimate of drug-likeness (QED) is 0.819. The molecule has 0 bridgehead atoms. The Kier molecular flexibility index (Phi) is 3.72. The van der Waals surface area contributed by atoms with Crippen LogP contribution in [0.3, 0.4) is 0 Å². The van der Waals surface area contributed by atoms with Crippen molar-refractivity contribution in [3.63, 3.8) is 0 Å². The van der Waals surface area contributed by atoms with Gasteiger partial charge in [0.05, 0.1) is 5.02 Å². The number of hydrogen-bond donors (Lipinski definition) is 1. The maximum Gasteiger partial charge on any atom is 0.138 e. The first-order valence-electron chi connectivity index (χ1n) is 6.11. The van der Waals surface area contributed by atoms with Crippen molar-refractivity contribution in [3.8, 4) is 5.75 Å². The van der Waals surface area contributed by atoms with Crippen LogP contribution in [-0.4, -0.2) is 10.9 Å². The Morgan fingerprint density at radius 2 is 2.06 bits per heavy atom. The maximum atomic E-state index is 11.3. The molecule has 0 unspecified atom stereocenters. The van der Waals surface area contributed by atoms with Gasteiger partial charge in [-0.3, -0.25) is 4.79 Å². The summed E-state index contributed by atoms with van der Waals surface area (Å²) in [6, 6.07) is 1.86. The molecule has 1 aliphatic rings. The average Bonchev–Trinajstić information content (AvgIpc) is 2.49. The van der Waals surface area contributed by atoms with Gasteiger partial charge in [0.1, 0.15) is 11.5 Å². The molecule has 1 aliphatic carbocycles. The summed E-state index contributed by atoms with van der Waals surface area (Å²) in [6.45, 7) is 1.55. The SMILES string of the molecule is CC(=O)Cc1c(O)c(Cl)cc2c1CCCCC2. The lowest BCUT2D eigenvalue weighted by atomic mass is 9.93. The van der Waals surface area contributed by atoms with E-state index in [0.29, 0.717) is 5.02 Å². The summed E-state index contributed by atoms with van der Waals surface area (Å²) in [6.07, 6.45) is 5.72. The summed E-state index contributed by atoms with van der Waals surface area (Å²) < 4.78 is 0. The van der Waals surface area contributed by atoms with Crippen LogP contribution in [0.15, 0.2) is 6.07 Å². The number of rotatable bonds is 2. The second-order valence-electron chi connectivity index (χ2n) is 4.76. The Morgan fingerprint density at radius 3 is 2.76 bits per heavy atom. The molecule has 0 saturated heterocycles. The van der Waals surface area contributed by atoms with E-state index >= 15 is 0 Å². The van der Waals surface area contributed by atoms with E-state index in [-0.39, 0.29) is 18.0 Å². The standard InChI is InChI=1S/C14H17ClO2/c1-9(16)7-12-11-6-4-2-3-5-10(11)8-13(15)14(12)17/h8,17H,2-7H2,1H3. The number of benzene rings is 1. The monoisotopic (exact) mass is 252 g/mol. The molecule has 0 atom stereocenters. The van der Waals surface area contributed by atoms with Gasteiger partial charge in [0.25, 0.3) is 0 Å².